The van der Waals surface area contributed by atoms with Crippen LogP contribution < -0.4 is 5.32 Å². The van der Waals surface area contributed by atoms with Crippen molar-refractivity contribution >= 4 is 21.8 Å². The van der Waals surface area contributed by atoms with Gasteiger partial charge in [-0.15, -0.1) is 0 Å². The van der Waals surface area contributed by atoms with Crippen molar-refractivity contribution in [1.29, 1.82) is 0 Å². The van der Waals surface area contributed by atoms with E-state index < -0.39 is 0 Å². The van der Waals surface area contributed by atoms with Gasteiger partial charge in [0.05, 0.1) is 16.5 Å². The van der Waals surface area contributed by atoms with Crippen molar-refractivity contribution in [3.05, 3.63) is 64.2 Å². The van der Waals surface area contributed by atoms with Crippen LogP contribution in [0.4, 0.5) is 4.39 Å². The molecule has 0 aliphatic heterocycles. The van der Waals surface area contributed by atoms with E-state index in [2.05, 4.69) is 36.4 Å². The fourth-order valence-corrected chi connectivity index (χ4v) is 2.46. The van der Waals surface area contributed by atoms with Gasteiger partial charge in [-0.25, -0.2) is 9.37 Å². The van der Waals surface area contributed by atoms with E-state index >= 15 is 0 Å². The number of carbonyl (C=O) groups is 1. The Bertz CT molecular complexity index is 844. The van der Waals surface area contributed by atoms with Gasteiger partial charge in [0.15, 0.2) is 5.69 Å². The van der Waals surface area contributed by atoms with Crippen LogP contribution in [0.2, 0.25) is 0 Å². The Labute approximate surface area is 139 Å². The summed E-state index contributed by atoms with van der Waals surface area (Å²) in [5.41, 5.74) is 2.11. The molecular formula is C15H13BrFN5O. The van der Waals surface area contributed by atoms with E-state index in [0.29, 0.717) is 15.7 Å². The summed E-state index contributed by atoms with van der Waals surface area (Å²) in [6.07, 6.45) is 4.77. The second kappa shape index (κ2) is 6.33. The number of H-pyrrole nitrogens is 1. The number of halogens is 2. The van der Waals surface area contributed by atoms with Gasteiger partial charge < -0.3 is 9.88 Å². The predicted octanol–water partition coefficient (Wildman–Crippen LogP) is 2.74. The molecule has 1 amide bonds. The van der Waals surface area contributed by atoms with Crippen LogP contribution in [0.5, 0.6) is 0 Å². The van der Waals surface area contributed by atoms with E-state index in [0.717, 1.165) is 5.69 Å². The molecule has 0 atom stereocenters. The number of hydrogen-bond acceptors (Lipinski definition) is 3. The first-order valence-electron chi connectivity index (χ1n) is 6.81. The van der Waals surface area contributed by atoms with Gasteiger partial charge >= 0.3 is 0 Å². The summed E-state index contributed by atoms with van der Waals surface area (Å²) in [7, 11) is 0. The number of rotatable bonds is 4. The zero-order valence-electron chi connectivity index (χ0n) is 12.2. The third-order valence-corrected chi connectivity index (χ3v) is 4.31. The topological polar surface area (TPSA) is 75.6 Å². The molecule has 0 saturated carbocycles. The molecule has 0 unspecified atom stereocenters. The van der Waals surface area contributed by atoms with Crippen molar-refractivity contribution in [2.75, 3.05) is 0 Å². The average molecular weight is 378 g/mol. The minimum atomic E-state index is -0.383. The van der Waals surface area contributed by atoms with Gasteiger partial charge in [-0.05, 0) is 40.5 Å². The van der Waals surface area contributed by atoms with Crippen molar-refractivity contribution in [3.63, 3.8) is 0 Å². The molecule has 2 heterocycles. The first kappa shape index (κ1) is 15.4. The van der Waals surface area contributed by atoms with Crippen LogP contribution in [0.1, 0.15) is 21.7 Å². The van der Waals surface area contributed by atoms with E-state index in [4.69, 9.17) is 0 Å². The van der Waals surface area contributed by atoms with E-state index in [9.17, 15) is 9.18 Å². The molecule has 23 heavy (non-hydrogen) atoms. The number of nitrogens with one attached hydrogen (secondary N) is 2. The standard InChI is InChI=1S/C15H13BrFN5O/c1-9-13(16)14(21-20-9)15(23)19-7-10-2-3-12(11(17)6-10)22-5-4-18-8-22/h2-6,8H,7H2,1H3,(H,19,23)(H,20,21). The van der Waals surface area contributed by atoms with Crippen LogP contribution in [-0.2, 0) is 6.54 Å². The van der Waals surface area contributed by atoms with E-state index in [-0.39, 0.29) is 24.0 Å². The van der Waals surface area contributed by atoms with Crippen molar-refractivity contribution in [2.45, 2.75) is 13.5 Å². The maximum absolute atomic E-state index is 14.1. The van der Waals surface area contributed by atoms with E-state index in [1.54, 1.807) is 36.0 Å². The van der Waals surface area contributed by atoms with Crippen molar-refractivity contribution in [1.82, 2.24) is 25.1 Å². The van der Waals surface area contributed by atoms with Gasteiger partial charge in [-0.1, -0.05) is 6.07 Å². The first-order chi connectivity index (χ1) is 11.1. The Morgan fingerprint density at radius 2 is 2.30 bits per heavy atom. The Morgan fingerprint density at radius 1 is 1.48 bits per heavy atom. The number of aryl methyl sites for hydroxylation is 1. The molecule has 3 rings (SSSR count). The van der Waals surface area contributed by atoms with Gasteiger partial charge in [-0.2, -0.15) is 5.10 Å². The highest BCUT2D eigenvalue weighted by Crippen LogP contribution is 2.18. The summed E-state index contributed by atoms with van der Waals surface area (Å²) in [5, 5.41) is 9.36. The minimum absolute atomic E-state index is 0.207. The van der Waals surface area contributed by atoms with Gasteiger partial charge in [0.1, 0.15) is 5.82 Å². The Hall–Kier alpha value is -2.48. The van der Waals surface area contributed by atoms with Crippen LogP contribution >= 0.6 is 15.9 Å². The molecule has 1 aromatic carbocycles. The molecule has 8 heteroatoms. The highest BCUT2D eigenvalue weighted by molar-refractivity contribution is 9.10. The first-order valence-corrected chi connectivity index (χ1v) is 7.61. The molecule has 0 bridgehead atoms. The van der Waals surface area contributed by atoms with E-state index in [1.807, 2.05) is 0 Å². The maximum atomic E-state index is 14.1. The molecule has 3 aromatic rings. The number of carbonyl (C=O) groups excluding carboxylic acids is 1. The summed E-state index contributed by atoms with van der Waals surface area (Å²) in [6.45, 7) is 2.01. The normalized spacial score (nSPS) is 10.7. The van der Waals surface area contributed by atoms with Crippen molar-refractivity contribution in [3.8, 4) is 5.69 Å². The van der Waals surface area contributed by atoms with Crippen LogP contribution in [-0.4, -0.2) is 25.7 Å². The third kappa shape index (κ3) is 3.16. The molecule has 0 fully saturated rings. The summed E-state index contributed by atoms with van der Waals surface area (Å²) in [6, 6.07) is 4.79. The monoisotopic (exact) mass is 377 g/mol. The van der Waals surface area contributed by atoms with Gasteiger partial charge in [-0.3, -0.25) is 9.89 Å². The summed E-state index contributed by atoms with van der Waals surface area (Å²) < 4.78 is 16.3. The Morgan fingerprint density at radius 3 is 2.91 bits per heavy atom. The van der Waals surface area contributed by atoms with Gasteiger partial charge in [0.2, 0.25) is 0 Å². The third-order valence-electron chi connectivity index (χ3n) is 3.34. The number of imidazole rings is 1. The van der Waals surface area contributed by atoms with Gasteiger partial charge in [0.25, 0.3) is 5.91 Å². The summed E-state index contributed by atoms with van der Waals surface area (Å²) >= 11 is 3.30. The lowest BCUT2D eigenvalue weighted by atomic mass is 10.2. The summed E-state index contributed by atoms with van der Waals surface area (Å²) in [5.74, 6) is -0.716. The maximum Gasteiger partial charge on any atom is 0.273 e. The van der Waals surface area contributed by atoms with E-state index in [1.165, 1.54) is 12.4 Å². The second-order valence-electron chi connectivity index (χ2n) is 4.95. The fourth-order valence-electron chi connectivity index (χ4n) is 2.10. The average Bonchev–Trinajstić information content (AvgIpc) is 3.16. The number of hydrogen-bond donors (Lipinski definition) is 2. The zero-order chi connectivity index (χ0) is 16.4. The number of aromatic amines is 1. The molecule has 0 aliphatic rings. The fraction of sp³-hybridized carbons (Fsp3) is 0.133. The smallest absolute Gasteiger partial charge is 0.273 e. The summed E-state index contributed by atoms with van der Waals surface area (Å²) in [4.78, 5) is 16.0. The SMILES string of the molecule is Cc1[nH]nc(C(=O)NCc2ccc(-n3ccnc3)c(F)c2)c1Br. The Balaban J connectivity index is 1.70. The quantitative estimate of drug-likeness (QED) is 0.733. The largest absolute Gasteiger partial charge is 0.347 e. The second-order valence-corrected chi connectivity index (χ2v) is 5.74. The lowest BCUT2D eigenvalue weighted by Crippen LogP contribution is -2.23. The number of aromatic nitrogens is 4. The molecular weight excluding hydrogens is 365 g/mol. The van der Waals surface area contributed by atoms with Crippen LogP contribution in [0.25, 0.3) is 5.69 Å². The number of benzene rings is 1. The van der Waals surface area contributed by atoms with Crippen LogP contribution in [0.3, 0.4) is 0 Å². The highest BCUT2D eigenvalue weighted by Gasteiger charge is 2.15. The van der Waals surface area contributed by atoms with Crippen molar-refractivity contribution < 1.29 is 9.18 Å². The zero-order valence-corrected chi connectivity index (χ0v) is 13.8. The predicted molar refractivity (Wildman–Crippen MR) is 85.7 cm³/mol. The number of amides is 1. The molecule has 2 aromatic heterocycles. The number of nitrogens with zero attached hydrogens (tertiary/aromatic N) is 3. The lowest BCUT2D eigenvalue weighted by Gasteiger charge is -2.08. The lowest BCUT2D eigenvalue weighted by molar-refractivity contribution is 0.0945. The molecule has 0 spiro atoms. The van der Waals surface area contributed by atoms with Crippen LogP contribution in [0.15, 0.2) is 41.4 Å². The van der Waals surface area contributed by atoms with Crippen LogP contribution in [0, 0.1) is 12.7 Å². The molecule has 2 N–H and O–H groups in total. The van der Waals surface area contributed by atoms with Gasteiger partial charge in [0, 0.05) is 24.6 Å². The molecule has 0 aliphatic carbocycles. The Kier molecular flexibility index (Phi) is 4.24. The molecule has 6 nitrogen and oxygen atoms in total. The van der Waals surface area contributed by atoms with Crippen molar-refractivity contribution in [2.24, 2.45) is 0 Å². The molecule has 0 radical (unpaired) electrons. The molecule has 118 valence electrons. The highest BCUT2D eigenvalue weighted by atomic mass is 79.9. The molecule has 0 saturated heterocycles. The minimum Gasteiger partial charge on any atom is -0.347 e.